The molecule has 0 aliphatic heterocycles. The van der Waals surface area contributed by atoms with Crippen LogP contribution in [-0.4, -0.2) is 63.2 Å². The van der Waals surface area contributed by atoms with E-state index in [1.807, 2.05) is 48.5 Å². The molecule has 0 bridgehead atoms. The molecule has 6 aromatic carbocycles. The Kier molecular flexibility index (Phi) is 16.8. The summed E-state index contributed by atoms with van der Waals surface area (Å²) in [6.45, 7) is 3.31. The third-order valence-electron chi connectivity index (χ3n) is 9.77. The SMILES string of the molecule is COC(=O)c1cc(C#Cc2ccc(CCOC(C)=O)cc2)ccc1OC(=O)c1ccc(C#Cc2ccc(C(=O)Oc3ccc(C#Cc4ccc(CCOC(C)=O)cc4)cc3C(=O)OC)cc2)cc1. The van der Waals surface area contributed by atoms with E-state index < -0.39 is 23.9 Å². The van der Waals surface area contributed by atoms with E-state index in [0.29, 0.717) is 48.3 Å². The van der Waals surface area contributed by atoms with Gasteiger partial charge >= 0.3 is 35.8 Å². The molecular weight excluding hydrogens is 865 g/mol. The summed E-state index contributed by atoms with van der Waals surface area (Å²) in [4.78, 5) is 73.7. The number of ether oxygens (including phenoxy) is 6. The van der Waals surface area contributed by atoms with Crippen LogP contribution in [0.25, 0.3) is 0 Å². The molecule has 12 heteroatoms. The summed E-state index contributed by atoms with van der Waals surface area (Å²) in [6.07, 6.45) is 1.16. The van der Waals surface area contributed by atoms with E-state index in [1.165, 1.54) is 52.3 Å². The lowest BCUT2D eigenvalue weighted by Crippen LogP contribution is -2.12. The lowest BCUT2D eigenvalue weighted by molar-refractivity contribution is -0.141. The molecule has 0 aromatic heterocycles. The zero-order valence-electron chi connectivity index (χ0n) is 37.4. The van der Waals surface area contributed by atoms with Crippen LogP contribution in [0.2, 0.25) is 0 Å². The van der Waals surface area contributed by atoms with E-state index in [-0.39, 0.29) is 45.7 Å². The lowest BCUT2D eigenvalue weighted by Gasteiger charge is -2.09. The van der Waals surface area contributed by atoms with E-state index in [2.05, 4.69) is 35.5 Å². The Balaban J connectivity index is 1.05. The minimum absolute atomic E-state index is 0.00122. The van der Waals surface area contributed by atoms with E-state index in [9.17, 15) is 28.8 Å². The second-order valence-corrected chi connectivity index (χ2v) is 14.7. The predicted octanol–water partition coefficient (Wildman–Crippen LogP) is 8.11. The second-order valence-electron chi connectivity index (χ2n) is 14.7. The Morgan fingerprint density at radius 1 is 0.382 bits per heavy atom. The number of hydrogen-bond acceptors (Lipinski definition) is 12. The fourth-order valence-electron chi connectivity index (χ4n) is 6.20. The second kappa shape index (κ2) is 23.7. The number of carbonyl (C=O) groups is 6. The van der Waals surface area contributed by atoms with Crippen molar-refractivity contribution in [1.29, 1.82) is 0 Å². The molecule has 0 saturated carbocycles. The van der Waals surface area contributed by atoms with Crippen LogP contribution in [0, 0.1) is 35.5 Å². The molecule has 0 heterocycles. The van der Waals surface area contributed by atoms with Crippen LogP contribution in [0.1, 0.15) is 99.8 Å². The molecule has 0 amide bonds. The van der Waals surface area contributed by atoms with Crippen molar-refractivity contribution in [2.45, 2.75) is 26.7 Å². The van der Waals surface area contributed by atoms with Crippen molar-refractivity contribution >= 4 is 35.8 Å². The van der Waals surface area contributed by atoms with Gasteiger partial charge in [-0.25, -0.2) is 19.2 Å². The molecule has 0 saturated heterocycles. The van der Waals surface area contributed by atoms with Crippen LogP contribution < -0.4 is 9.47 Å². The van der Waals surface area contributed by atoms with Crippen molar-refractivity contribution in [2.75, 3.05) is 27.4 Å². The number of benzene rings is 6. The fourth-order valence-corrected chi connectivity index (χ4v) is 6.20. The van der Waals surface area contributed by atoms with Crippen molar-refractivity contribution < 1.29 is 57.2 Å². The summed E-state index contributed by atoms with van der Waals surface area (Å²) in [5.74, 6) is 14.7. The number of methoxy groups -OCH3 is 2. The first-order valence-electron chi connectivity index (χ1n) is 21.0. The molecule has 0 aliphatic carbocycles. The highest BCUT2D eigenvalue weighted by molar-refractivity contribution is 5.97. The van der Waals surface area contributed by atoms with Gasteiger partial charge in [-0.3, -0.25) is 9.59 Å². The smallest absolute Gasteiger partial charge is 0.343 e. The molecule has 0 unspecified atom stereocenters. The van der Waals surface area contributed by atoms with Gasteiger partial charge in [0.2, 0.25) is 0 Å². The number of esters is 6. The normalized spacial score (nSPS) is 10.0. The third kappa shape index (κ3) is 14.2. The molecule has 338 valence electrons. The van der Waals surface area contributed by atoms with Crippen molar-refractivity contribution in [3.05, 3.63) is 200 Å². The Bertz CT molecular complexity index is 2830. The predicted molar refractivity (Wildman–Crippen MR) is 250 cm³/mol. The maximum atomic E-state index is 13.2. The Labute approximate surface area is 393 Å². The van der Waals surface area contributed by atoms with Crippen molar-refractivity contribution in [3.63, 3.8) is 0 Å². The molecule has 68 heavy (non-hydrogen) atoms. The van der Waals surface area contributed by atoms with Gasteiger partial charge in [0.05, 0.1) is 38.6 Å². The Morgan fingerprint density at radius 2 is 0.676 bits per heavy atom. The van der Waals surface area contributed by atoms with Gasteiger partial charge in [0, 0.05) is 60.1 Å². The third-order valence-corrected chi connectivity index (χ3v) is 9.77. The largest absolute Gasteiger partial charge is 0.466 e. The maximum absolute atomic E-state index is 13.2. The summed E-state index contributed by atoms with van der Waals surface area (Å²) in [6, 6.07) is 36.9. The quantitative estimate of drug-likeness (QED) is 0.0504. The zero-order valence-corrected chi connectivity index (χ0v) is 37.4. The molecule has 0 aliphatic rings. The van der Waals surface area contributed by atoms with Crippen molar-refractivity contribution in [2.24, 2.45) is 0 Å². The molecule has 0 fully saturated rings. The molecule has 0 radical (unpaired) electrons. The van der Waals surface area contributed by atoms with Gasteiger partial charge < -0.3 is 28.4 Å². The number of rotatable bonds is 12. The molecule has 6 aromatic rings. The van der Waals surface area contributed by atoms with Crippen LogP contribution in [0.15, 0.2) is 133 Å². The first-order valence-corrected chi connectivity index (χ1v) is 21.0. The van der Waals surface area contributed by atoms with Gasteiger partial charge in [0.1, 0.15) is 22.6 Å². The summed E-state index contributed by atoms with van der Waals surface area (Å²) < 4.78 is 31.1. The van der Waals surface area contributed by atoms with Gasteiger partial charge in [0.25, 0.3) is 0 Å². The minimum atomic E-state index is -0.708. The number of carbonyl (C=O) groups excluding carboxylic acids is 6. The maximum Gasteiger partial charge on any atom is 0.343 e. The summed E-state index contributed by atoms with van der Waals surface area (Å²) >= 11 is 0. The van der Waals surface area contributed by atoms with Crippen LogP contribution >= 0.6 is 0 Å². The number of hydrogen-bond donors (Lipinski definition) is 0. The summed E-state index contributed by atoms with van der Waals surface area (Å²) in [7, 11) is 2.45. The van der Waals surface area contributed by atoms with E-state index >= 15 is 0 Å². The van der Waals surface area contributed by atoms with Gasteiger partial charge in [-0.2, -0.15) is 0 Å². The highest BCUT2D eigenvalue weighted by Gasteiger charge is 2.19. The fraction of sp³-hybridized carbons (Fsp3) is 0.143. The highest BCUT2D eigenvalue weighted by atomic mass is 16.6. The molecule has 12 nitrogen and oxygen atoms in total. The van der Waals surface area contributed by atoms with Crippen LogP contribution in [-0.2, 0) is 41.4 Å². The molecule has 6 rings (SSSR count). The Hall–Kier alpha value is -9.18. The first-order chi connectivity index (χ1) is 32.9. The van der Waals surface area contributed by atoms with Crippen molar-refractivity contribution in [3.8, 4) is 47.0 Å². The van der Waals surface area contributed by atoms with Gasteiger partial charge in [0.15, 0.2) is 0 Å². The van der Waals surface area contributed by atoms with Gasteiger partial charge in [-0.05, 0) is 120 Å². The molecular formula is C56H42O12. The van der Waals surface area contributed by atoms with E-state index in [4.69, 9.17) is 28.4 Å². The minimum Gasteiger partial charge on any atom is -0.466 e. The zero-order chi connectivity index (χ0) is 48.4. The van der Waals surface area contributed by atoms with E-state index in [0.717, 1.165) is 22.3 Å². The monoisotopic (exact) mass is 906 g/mol. The molecule has 0 atom stereocenters. The summed E-state index contributed by atoms with van der Waals surface area (Å²) in [5.41, 5.74) is 6.09. The topological polar surface area (TPSA) is 158 Å². The first kappa shape index (κ1) is 48.3. The lowest BCUT2D eigenvalue weighted by atomic mass is 10.1. The van der Waals surface area contributed by atoms with Crippen LogP contribution in [0.4, 0.5) is 0 Å². The van der Waals surface area contributed by atoms with E-state index in [1.54, 1.807) is 60.7 Å². The van der Waals surface area contributed by atoms with Crippen LogP contribution in [0.3, 0.4) is 0 Å². The standard InChI is InChI=1S/C56H42O12/c1-37(57)65-33-31-43-11-7-39(8-12-43)15-17-45-23-29-51(49(35-45)55(61)63-3)67-53(59)47-25-19-41(20-26-47)5-6-42-21-27-48(28-22-42)54(60)68-52-30-24-46(36-50(52)56(62)64-4)18-16-40-9-13-44(14-10-40)32-34-66-38(2)58/h7-14,19-30,35-36H,31-34H2,1-4H3. The Morgan fingerprint density at radius 3 is 0.985 bits per heavy atom. The molecule has 0 N–H and O–H groups in total. The highest BCUT2D eigenvalue weighted by Crippen LogP contribution is 2.24. The van der Waals surface area contributed by atoms with Crippen LogP contribution in [0.5, 0.6) is 11.5 Å². The average molecular weight is 907 g/mol. The van der Waals surface area contributed by atoms with Crippen molar-refractivity contribution in [1.82, 2.24) is 0 Å². The average Bonchev–Trinajstić information content (AvgIpc) is 3.35. The molecule has 0 spiro atoms. The van der Waals surface area contributed by atoms with Gasteiger partial charge in [-0.1, -0.05) is 59.8 Å². The summed E-state index contributed by atoms with van der Waals surface area (Å²) in [5, 5.41) is 0. The van der Waals surface area contributed by atoms with Gasteiger partial charge in [-0.15, -0.1) is 0 Å².